The number of nitriles is 1. The maximum absolute atomic E-state index is 12.6. The lowest BCUT2D eigenvalue weighted by atomic mass is 10.2. The molecule has 0 aliphatic heterocycles. The summed E-state index contributed by atoms with van der Waals surface area (Å²) in [6, 6.07) is 7.28. The summed E-state index contributed by atoms with van der Waals surface area (Å²) in [4.78, 5) is 28.9. The quantitative estimate of drug-likeness (QED) is 0.453. The van der Waals surface area contributed by atoms with Gasteiger partial charge in [-0.25, -0.2) is 4.98 Å². The van der Waals surface area contributed by atoms with Crippen molar-refractivity contribution in [3.63, 3.8) is 0 Å². The number of ketones is 1. The van der Waals surface area contributed by atoms with Gasteiger partial charge in [-0.1, -0.05) is 12.1 Å². The van der Waals surface area contributed by atoms with Crippen molar-refractivity contribution in [2.45, 2.75) is 19.9 Å². The number of aryl methyl sites for hydroxylation is 1. The number of anilines is 1. The van der Waals surface area contributed by atoms with E-state index in [4.69, 9.17) is 4.74 Å². The average molecular weight is 424 g/mol. The predicted molar refractivity (Wildman–Crippen MR) is 107 cm³/mol. The minimum absolute atomic E-state index is 0.0463. The summed E-state index contributed by atoms with van der Waals surface area (Å²) in [5, 5.41) is 24.2. The van der Waals surface area contributed by atoms with Crippen LogP contribution < -0.4 is 10.1 Å². The van der Waals surface area contributed by atoms with Crippen LogP contribution in [0.25, 0.3) is 5.13 Å². The SMILES string of the molecule is COc1ccccc1NC(=O)C(N=Nc1c(C#N)cnn1-c1nc(C)ns1)C(C)=O. The van der Waals surface area contributed by atoms with E-state index in [0.717, 1.165) is 11.5 Å². The molecule has 12 heteroatoms. The third-order valence-corrected chi connectivity index (χ3v) is 4.61. The third-order valence-electron chi connectivity index (χ3n) is 3.83. The first kappa shape index (κ1) is 20.7. The van der Waals surface area contributed by atoms with Crippen LogP contribution in [0.5, 0.6) is 5.75 Å². The molecule has 0 saturated heterocycles. The second-order valence-corrected chi connectivity index (χ2v) is 6.68. The van der Waals surface area contributed by atoms with Gasteiger partial charge in [-0.3, -0.25) is 9.59 Å². The van der Waals surface area contributed by atoms with E-state index in [1.54, 1.807) is 31.2 Å². The number of nitrogens with zero attached hydrogens (tertiary/aromatic N) is 7. The van der Waals surface area contributed by atoms with Crippen molar-refractivity contribution in [2.75, 3.05) is 12.4 Å². The molecule has 1 aromatic carbocycles. The molecule has 0 radical (unpaired) electrons. The lowest BCUT2D eigenvalue weighted by molar-refractivity contribution is -0.126. The highest BCUT2D eigenvalue weighted by molar-refractivity contribution is 7.08. The number of Topliss-reactive ketones (excluding diaryl/α,β-unsaturated/α-hetero) is 1. The van der Waals surface area contributed by atoms with Gasteiger partial charge in [-0.2, -0.15) is 24.5 Å². The Morgan fingerprint density at radius 3 is 2.77 bits per heavy atom. The molecular formula is C18H16N8O3S. The van der Waals surface area contributed by atoms with Crippen molar-refractivity contribution in [3.8, 4) is 17.0 Å². The van der Waals surface area contributed by atoms with E-state index in [2.05, 4.69) is 30.0 Å². The summed E-state index contributed by atoms with van der Waals surface area (Å²) in [7, 11) is 1.47. The Balaban J connectivity index is 1.90. The van der Waals surface area contributed by atoms with Crippen molar-refractivity contribution in [1.29, 1.82) is 5.26 Å². The van der Waals surface area contributed by atoms with Gasteiger partial charge in [0.1, 0.15) is 23.2 Å². The molecule has 3 aromatic rings. The van der Waals surface area contributed by atoms with Crippen LogP contribution in [-0.2, 0) is 9.59 Å². The van der Waals surface area contributed by atoms with Crippen LogP contribution in [0.2, 0.25) is 0 Å². The van der Waals surface area contributed by atoms with Crippen LogP contribution in [-0.4, -0.2) is 44.0 Å². The van der Waals surface area contributed by atoms with Crippen LogP contribution in [0.4, 0.5) is 11.5 Å². The molecule has 0 fully saturated rings. The second-order valence-electron chi connectivity index (χ2n) is 5.95. The number of azo groups is 1. The maximum atomic E-state index is 12.6. The van der Waals surface area contributed by atoms with Gasteiger partial charge in [0.15, 0.2) is 11.6 Å². The van der Waals surface area contributed by atoms with E-state index in [0.29, 0.717) is 22.4 Å². The Labute approximate surface area is 175 Å². The van der Waals surface area contributed by atoms with Gasteiger partial charge in [-0.05, 0) is 26.0 Å². The van der Waals surface area contributed by atoms with Crippen LogP contribution in [0, 0.1) is 18.3 Å². The Morgan fingerprint density at radius 1 is 1.37 bits per heavy atom. The topological polar surface area (TPSA) is 148 Å². The van der Waals surface area contributed by atoms with Gasteiger partial charge >= 0.3 is 0 Å². The summed E-state index contributed by atoms with van der Waals surface area (Å²) >= 11 is 1.06. The molecule has 2 heterocycles. The summed E-state index contributed by atoms with van der Waals surface area (Å²) in [5.74, 6) is -0.203. The van der Waals surface area contributed by atoms with Crippen molar-refractivity contribution in [1.82, 2.24) is 19.1 Å². The summed E-state index contributed by atoms with van der Waals surface area (Å²) in [6.07, 6.45) is 1.29. The largest absolute Gasteiger partial charge is 0.495 e. The molecule has 0 aliphatic carbocycles. The molecule has 0 saturated carbocycles. The highest BCUT2D eigenvalue weighted by Crippen LogP contribution is 2.26. The fourth-order valence-electron chi connectivity index (χ4n) is 2.41. The monoisotopic (exact) mass is 424 g/mol. The average Bonchev–Trinajstić information content (AvgIpc) is 3.33. The van der Waals surface area contributed by atoms with E-state index in [1.165, 1.54) is 24.9 Å². The van der Waals surface area contributed by atoms with Gasteiger partial charge in [-0.15, -0.1) is 5.11 Å². The molecule has 0 aliphatic rings. The van der Waals surface area contributed by atoms with Crippen LogP contribution in [0.15, 0.2) is 40.7 Å². The van der Waals surface area contributed by atoms with Crippen molar-refractivity contribution in [2.24, 2.45) is 10.2 Å². The molecule has 0 spiro atoms. The predicted octanol–water partition coefficient (Wildman–Crippen LogP) is 2.59. The maximum Gasteiger partial charge on any atom is 0.258 e. The lowest BCUT2D eigenvalue weighted by Crippen LogP contribution is -2.32. The van der Waals surface area contributed by atoms with Crippen LogP contribution >= 0.6 is 11.5 Å². The second kappa shape index (κ2) is 9.01. The number of carbonyl (C=O) groups is 2. The van der Waals surface area contributed by atoms with Crippen molar-refractivity contribution in [3.05, 3.63) is 41.9 Å². The van der Waals surface area contributed by atoms with Crippen molar-refractivity contribution >= 4 is 34.7 Å². The number of nitrogens with one attached hydrogen (secondary N) is 1. The fraction of sp³-hybridized carbons (Fsp3) is 0.222. The number of rotatable bonds is 7. The van der Waals surface area contributed by atoms with Gasteiger partial charge in [0.25, 0.3) is 5.91 Å². The normalized spacial score (nSPS) is 11.8. The Bertz CT molecular complexity index is 1160. The number of ether oxygens (including phenoxy) is 1. The number of para-hydroxylation sites is 2. The van der Waals surface area contributed by atoms with E-state index in [-0.39, 0.29) is 11.4 Å². The molecule has 0 bridgehead atoms. The molecule has 3 rings (SSSR count). The first-order valence-electron chi connectivity index (χ1n) is 8.58. The number of benzene rings is 1. The first-order valence-corrected chi connectivity index (χ1v) is 9.36. The molecule has 1 amide bonds. The zero-order valence-corrected chi connectivity index (χ0v) is 17.0. The van der Waals surface area contributed by atoms with E-state index < -0.39 is 17.7 Å². The lowest BCUT2D eigenvalue weighted by Gasteiger charge is -2.12. The molecule has 30 heavy (non-hydrogen) atoms. The summed E-state index contributed by atoms with van der Waals surface area (Å²) in [5.41, 5.74) is 0.498. The number of carbonyl (C=O) groups excluding carboxylic acids is 2. The molecular weight excluding hydrogens is 408 g/mol. The summed E-state index contributed by atoms with van der Waals surface area (Å²) < 4.78 is 10.5. The van der Waals surface area contributed by atoms with Gasteiger partial charge < -0.3 is 10.1 Å². The molecule has 1 N–H and O–H groups in total. The van der Waals surface area contributed by atoms with E-state index >= 15 is 0 Å². The van der Waals surface area contributed by atoms with Gasteiger partial charge in [0, 0.05) is 11.5 Å². The molecule has 1 atom stereocenters. The van der Waals surface area contributed by atoms with Gasteiger partial charge in [0.2, 0.25) is 11.2 Å². The standard InChI is InChI=1S/C18H16N8O3S/c1-10(27)15(17(28)22-13-6-4-5-7-14(13)29-3)23-24-16-12(8-19)9-20-26(16)18-21-11(2)25-30-18/h4-7,9,15H,1-3H3,(H,22,28). The van der Waals surface area contributed by atoms with Crippen LogP contribution in [0.1, 0.15) is 18.3 Å². The number of amides is 1. The van der Waals surface area contributed by atoms with Crippen molar-refractivity contribution < 1.29 is 14.3 Å². The summed E-state index contributed by atoms with van der Waals surface area (Å²) in [6.45, 7) is 2.94. The molecule has 11 nitrogen and oxygen atoms in total. The fourth-order valence-corrected chi connectivity index (χ4v) is 3.05. The zero-order valence-electron chi connectivity index (χ0n) is 16.2. The first-order chi connectivity index (χ1) is 14.4. The molecule has 2 aromatic heterocycles. The zero-order chi connectivity index (χ0) is 21.7. The van der Waals surface area contributed by atoms with Crippen LogP contribution in [0.3, 0.4) is 0 Å². The highest BCUT2D eigenvalue weighted by Gasteiger charge is 2.25. The van der Waals surface area contributed by atoms with Gasteiger partial charge in [0.05, 0.1) is 19.0 Å². The number of hydrogen-bond donors (Lipinski definition) is 1. The minimum Gasteiger partial charge on any atom is -0.495 e. The third kappa shape index (κ3) is 4.36. The number of hydrogen-bond acceptors (Lipinski definition) is 10. The Morgan fingerprint density at radius 2 is 2.13 bits per heavy atom. The molecule has 152 valence electrons. The number of aromatic nitrogens is 4. The highest BCUT2D eigenvalue weighted by atomic mass is 32.1. The number of methoxy groups -OCH3 is 1. The molecule has 1 unspecified atom stereocenters. The Hall–Kier alpha value is -3.98. The minimum atomic E-state index is -1.43. The Kier molecular flexibility index (Phi) is 6.23. The van der Waals surface area contributed by atoms with E-state index in [1.807, 2.05) is 6.07 Å². The smallest absolute Gasteiger partial charge is 0.258 e. The van der Waals surface area contributed by atoms with E-state index in [9.17, 15) is 14.9 Å².